The van der Waals surface area contributed by atoms with Crippen LogP contribution in [-0.4, -0.2) is 43.3 Å². The number of rotatable bonds is 4. The first-order chi connectivity index (χ1) is 13.5. The van der Waals surface area contributed by atoms with E-state index in [2.05, 4.69) is 20.5 Å². The molecule has 0 unspecified atom stereocenters. The standard InChI is InChI=1S/C19H20ClN5O2S/c1-19(2)26-13-10-28-15(14(13)27-19)17-23-24-18-16(21-6-7-25(17)18)22-9-11-4-3-5-12(20)8-11/h3-8,13-15H,9-10H2,1-2H3,(H,21,22)/t13-,14-,15-/m1/s1. The van der Waals surface area contributed by atoms with E-state index in [4.69, 9.17) is 21.1 Å². The van der Waals surface area contributed by atoms with E-state index in [1.807, 2.05) is 48.7 Å². The molecule has 0 aliphatic carbocycles. The van der Waals surface area contributed by atoms with E-state index in [1.54, 1.807) is 18.0 Å². The normalized spacial score (nSPS) is 25.9. The van der Waals surface area contributed by atoms with Crippen LogP contribution in [0.2, 0.25) is 5.02 Å². The number of nitrogens with one attached hydrogen (secondary N) is 1. The van der Waals surface area contributed by atoms with Crippen LogP contribution in [0.15, 0.2) is 36.7 Å². The van der Waals surface area contributed by atoms with E-state index in [0.717, 1.165) is 17.1 Å². The third kappa shape index (κ3) is 3.24. The first kappa shape index (κ1) is 18.2. The molecule has 0 bridgehead atoms. The summed E-state index contributed by atoms with van der Waals surface area (Å²) < 4.78 is 14.1. The molecule has 3 aromatic rings. The molecule has 7 nitrogen and oxygen atoms in total. The van der Waals surface area contributed by atoms with Gasteiger partial charge >= 0.3 is 0 Å². The van der Waals surface area contributed by atoms with Crippen molar-refractivity contribution >= 4 is 34.8 Å². The molecule has 1 aromatic carbocycles. The van der Waals surface area contributed by atoms with Crippen LogP contribution >= 0.6 is 23.4 Å². The molecule has 0 radical (unpaired) electrons. The average Bonchev–Trinajstić information content (AvgIpc) is 3.31. The van der Waals surface area contributed by atoms with E-state index < -0.39 is 5.79 Å². The molecule has 2 aliphatic heterocycles. The minimum atomic E-state index is -0.555. The second kappa shape index (κ2) is 6.88. The van der Waals surface area contributed by atoms with Crippen molar-refractivity contribution in [3.8, 4) is 0 Å². The van der Waals surface area contributed by atoms with Crippen LogP contribution in [0.5, 0.6) is 0 Å². The number of hydrogen-bond donors (Lipinski definition) is 1. The quantitative estimate of drug-likeness (QED) is 0.693. The Morgan fingerprint density at radius 1 is 1.32 bits per heavy atom. The fraction of sp³-hybridized carbons (Fsp3) is 0.421. The molecule has 1 N–H and O–H groups in total. The van der Waals surface area contributed by atoms with Crippen molar-refractivity contribution in [2.75, 3.05) is 11.1 Å². The maximum atomic E-state index is 6.14. The molecule has 2 fully saturated rings. The van der Waals surface area contributed by atoms with Gasteiger partial charge in [0.05, 0.1) is 11.4 Å². The van der Waals surface area contributed by atoms with Crippen molar-refractivity contribution in [2.45, 2.75) is 43.6 Å². The van der Waals surface area contributed by atoms with Gasteiger partial charge < -0.3 is 14.8 Å². The molecule has 4 heterocycles. The van der Waals surface area contributed by atoms with Crippen molar-refractivity contribution < 1.29 is 9.47 Å². The Balaban J connectivity index is 1.41. The van der Waals surface area contributed by atoms with Gasteiger partial charge in [-0.3, -0.25) is 4.40 Å². The van der Waals surface area contributed by atoms with Crippen molar-refractivity contribution in [1.29, 1.82) is 0 Å². The van der Waals surface area contributed by atoms with Gasteiger partial charge in [0.25, 0.3) is 0 Å². The van der Waals surface area contributed by atoms with Crippen molar-refractivity contribution in [3.63, 3.8) is 0 Å². The van der Waals surface area contributed by atoms with Crippen molar-refractivity contribution in [2.24, 2.45) is 0 Å². The maximum Gasteiger partial charge on any atom is 0.203 e. The Hall–Kier alpha value is -1.87. The van der Waals surface area contributed by atoms with Gasteiger partial charge in [0, 0.05) is 29.7 Å². The van der Waals surface area contributed by atoms with E-state index in [1.165, 1.54) is 0 Å². The second-order valence-electron chi connectivity index (χ2n) is 7.40. The summed E-state index contributed by atoms with van der Waals surface area (Å²) in [5.41, 5.74) is 1.77. The Morgan fingerprint density at radius 3 is 3.07 bits per heavy atom. The number of ether oxygens (including phenoxy) is 2. The maximum absolute atomic E-state index is 6.14. The van der Waals surface area contributed by atoms with Crippen LogP contribution in [0.3, 0.4) is 0 Å². The number of hydrogen-bond acceptors (Lipinski definition) is 7. The molecular weight excluding hydrogens is 398 g/mol. The van der Waals surface area contributed by atoms with Gasteiger partial charge in [-0.15, -0.1) is 22.0 Å². The number of nitrogens with zero attached hydrogens (tertiary/aromatic N) is 4. The topological polar surface area (TPSA) is 73.6 Å². The molecular formula is C19H20ClN5O2S. The van der Waals surface area contributed by atoms with Gasteiger partial charge in [0.2, 0.25) is 5.65 Å². The van der Waals surface area contributed by atoms with Gasteiger partial charge in [-0.1, -0.05) is 23.7 Å². The van der Waals surface area contributed by atoms with E-state index in [0.29, 0.717) is 23.0 Å². The van der Waals surface area contributed by atoms with Gasteiger partial charge in [-0.2, -0.15) is 0 Å². The van der Waals surface area contributed by atoms with E-state index >= 15 is 0 Å². The summed E-state index contributed by atoms with van der Waals surface area (Å²) >= 11 is 7.86. The van der Waals surface area contributed by atoms with Gasteiger partial charge in [-0.25, -0.2) is 4.98 Å². The zero-order valence-electron chi connectivity index (χ0n) is 15.5. The van der Waals surface area contributed by atoms with Crippen LogP contribution in [-0.2, 0) is 16.0 Å². The zero-order valence-corrected chi connectivity index (χ0v) is 17.1. The Morgan fingerprint density at radius 2 is 2.21 bits per heavy atom. The highest BCUT2D eigenvalue weighted by Crippen LogP contribution is 2.48. The highest BCUT2D eigenvalue weighted by molar-refractivity contribution is 7.99. The smallest absolute Gasteiger partial charge is 0.203 e. The summed E-state index contributed by atoms with van der Waals surface area (Å²) in [6.07, 6.45) is 3.71. The summed E-state index contributed by atoms with van der Waals surface area (Å²) in [6, 6.07) is 7.74. The van der Waals surface area contributed by atoms with Crippen LogP contribution in [0, 0.1) is 0 Å². The summed E-state index contributed by atoms with van der Waals surface area (Å²) in [5, 5.41) is 13.0. The fourth-order valence-electron chi connectivity index (χ4n) is 3.76. The molecule has 146 valence electrons. The van der Waals surface area contributed by atoms with Crippen LogP contribution in [0.25, 0.3) is 5.65 Å². The second-order valence-corrected chi connectivity index (χ2v) is 9.01. The number of aromatic nitrogens is 4. The highest BCUT2D eigenvalue weighted by Gasteiger charge is 2.51. The number of benzene rings is 1. The molecule has 9 heteroatoms. The third-order valence-corrected chi connectivity index (χ3v) is 6.51. The van der Waals surface area contributed by atoms with Gasteiger partial charge in [0.15, 0.2) is 17.4 Å². The zero-order chi connectivity index (χ0) is 19.3. The monoisotopic (exact) mass is 417 g/mol. The first-order valence-corrected chi connectivity index (χ1v) is 10.6. The highest BCUT2D eigenvalue weighted by atomic mass is 35.5. The van der Waals surface area contributed by atoms with E-state index in [-0.39, 0.29) is 17.5 Å². The predicted octanol–water partition coefficient (Wildman–Crippen LogP) is 3.70. The molecule has 28 heavy (non-hydrogen) atoms. The Kier molecular flexibility index (Phi) is 4.46. The SMILES string of the molecule is CC1(C)O[C@@H]2[C@@H](CS[C@H]2c2nnc3c(NCc4cccc(Cl)c4)nccn23)O1. The van der Waals surface area contributed by atoms with Crippen LogP contribution in [0.4, 0.5) is 5.82 Å². The van der Waals surface area contributed by atoms with Crippen LogP contribution < -0.4 is 5.32 Å². The molecule has 0 amide bonds. The first-order valence-electron chi connectivity index (χ1n) is 9.15. The summed E-state index contributed by atoms with van der Waals surface area (Å²) in [7, 11) is 0. The fourth-order valence-corrected chi connectivity index (χ4v) is 5.36. The van der Waals surface area contributed by atoms with Gasteiger partial charge in [-0.05, 0) is 31.5 Å². The lowest BCUT2D eigenvalue weighted by molar-refractivity contribution is -0.145. The summed E-state index contributed by atoms with van der Waals surface area (Å²) in [6.45, 7) is 4.51. The Labute approximate surface area is 171 Å². The largest absolute Gasteiger partial charge is 0.363 e. The summed E-state index contributed by atoms with van der Waals surface area (Å²) in [5.74, 6) is 1.88. The molecule has 2 aromatic heterocycles. The van der Waals surface area contributed by atoms with Crippen molar-refractivity contribution in [1.82, 2.24) is 19.6 Å². The molecule has 3 atom stereocenters. The van der Waals surface area contributed by atoms with E-state index in [9.17, 15) is 0 Å². The number of thioether (sulfide) groups is 1. The minimum absolute atomic E-state index is 0.0246. The minimum Gasteiger partial charge on any atom is -0.363 e. The molecule has 0 spiro atoms. The Bertz CT molecular complexity index is 1030. The lowest BCUT2D eigenvalue weighted by Gasteiger charge is -2.20. The van der Waals surface area contributed by atoms with Crippen LogP contribution in [0.1, 0.15) is 30.5 Å². The summed E-state index contributed by atoms with van der Waals surface area (Å²) in [4.78, 5) is 4.44. The number of halogens is 1. The lowest BCUT2D eigenvalue weighted by atomic mass is 10.1. The molecule has 0 saturated carbocycles. The van der Waals surface area contributed by atoms with Crippen molar-refractivity contribution in [3.05, 3.63) is 53.1 Å². The lowest BCUT2D eigenvalue weighted by Crippen LogP contribution is -2.24. The predicted molar refractivity (Wildman–Crippen MR) is 109 cm³/mol. The van der Waals surface area contributed by atoms with Gasteiger partial charge in [0.1, 0.15) is 6.10 Å². The average molecular weight is 418 g/mol. The molecule has 2 aliphatic rings. The molecule has 5 rings (SSSR count). The molecule has 2 saturated heterocycles. The number of anilines is 1. The number of fused-ring (bicyclic) bond motifs is 2. The third-order valence-electron chi connectivity index (χ3n) is 4.92.